The van der Waals surface area contributed by atoms with Crippen LogP contribution in [0.1, 0.15) is 226 Å². The molecule has 0 aromatic heterocycles. The minimum absolute atomic E-state index is 0.0289. The Hall–Kier alpha value is -1.77. The number of phosphoric ester groups is 1. The monoisotopic (exact) mass is 883 g/mol. The maximum atomic E-state index is 12.7. The molecule has 0 saturated carbocycles. The number of likely N-dealkylation sites (N-methyl/N-ethyl adjacent to an activating group) is 1. The van der Waals surface area contributed by atoms with Gasteiger partial charge in [-0.3, -0.25) is 18.6 Å². The first-order chi connectivity index (χ1) is 29.5. The Morgan fingerprint density at radius 3 is 1.39 bits per heavy atom. The van der Waals surface area contributed by atoms with Crippen molar-refractivity contribution in [3.8, 4) is 0 Å². The zero-order valence-electron chi connectivity index (χ0n) is 40.4. The number of ether oxygens (including phenoxy) is 2. The molecule has 0 rings (SSSR count). The van der Waals surface area contributed by atoms with Crippen LogP contribution in [0.5, 0.6) is 0 Å². The number of quaternary nitrogens is 1. The summed E-state index contributed by atoms with van der Waals surface area (Å²) in [7, 11) is 1.47. The number of hydrogen-bond donors (Lipinski definition) is 1. The minimum atomic E-state index is -4.38. The van der Waals surface area contributed by atoms with Crippen molar-refractivity contribution in [1.29, 1.82) is 0 Å². The summed E-state index contributed by atoms with van der Waals surface area (Å²) in [5.74, 6) is -0.809. The smallest absolute Gasteiger partial charge is 0.462 e. The average molecular weight is 883 g/mol. The number of esters is 2. The number of carbonyl (C=O) groups excluding carboxylic acids is 2. The molecule has 61 heavy (non-hydrogen) atoms. The largest absolute Gasteiger partial charge is 0.472 e. The predicted molar refractivity (Wildman–Crippen MR) is 257 cm³/mol. The van der Waals surface area contributed by atoms with E-state index in [0.29, 0.717) is 17.4 Å². The van der Waals surface area contributed by atoms with Crippen LogP contribution in [0.25, 0.3) is 0 Å². The summed E-state index contributed by atoms with van der Waals surface area (Å²) < 4.78 is 34.4. The van der Waals surface area contributed by atoms with Crippen LogP contribution in [-0.4, -0.2) is 74.9 Å². The predicted octanol–water partition coefficient (Wildman–Crippen LogP) is 14.9. The van der Waals surface area contributed by atoms with Gasteiger partial charge in [0.2, 0.25) is 0 Å². The highest BCUT2D eigenvalue weighted by molar-refractivity contribution is 7.47. The van der Waals surface area contributed by atoms with Crippen molar-refractivity contribution >= 4 is 19.8 Å². The van der Waals surface area contributed by atoms with E-state index in [-0.39, 0.29) is 32.0 Å². The maximum Gasteiger partial charge on any atom is 0.472 e. The van der Waals surface area contributed by atoms with Gasteiger partial charge in [0.1, 0.15) is 19.8 Å². The molecule has 0 aliphatic carbocycles. The summed E-state index contributed by atoms with van der Waals surface area (Å²) in [6, 6.07) is 0. The van der Waals surface area contributed by atoms with Crippen molar-refractivity contribution in [3.63, 3.8) is 0 Å². The molecular weight excluding hydrogens is 786 g/mol. The molecule has 2 atom stereocenters. The molecule has 0 aliphatic heterocycles. The van der Waals surface area contributed by atoms with Crippen LogP contribution < -0.4 is 0 Å². The van der Waals surface area contributed by atoms with E-state index in [4.69, 9.17) is 18.5 Å². The van der Waals surface area contributed by atoms with E-state index in [1.165, 1.54) is 122 Å². The molecule has 0 aromatic rings. The zero-order valence-corrected chi connectivity index (χ0v) is 41.3. The number of unbranched alkanes of at least 4 members (excludes halogenated alkanes) is 26. The van der Waals surface area contributed by atoms with Crippen LogP contribution in [0.3, 0.4) is 0 Å². The minimum Gasteiger partial charge on any atom is -0.462 e. The van der Waals surface area contributed by atoms with Gasteiger partial charge in [0, 0.05) is 12.8 Å². The Labute approximate surface area is 376 Å². The van der Waals surface area contributed by atoms with Crippen LogP contribution in [0.4, 0.5) is 0 Å². The van der Waals surface area contributed by atoms with E-state index in [2.05, 4.69) is 50.3 Å². The lowest BCUT2D eigenvalue weighted by Crippen LogP contribution is -2.37. The van der Waals surface area contributed by atoms with Gasteiger partial charge >= 0.3 is 19.8 Å². The Morgan fingerprint density at radius 2 is 0.934 bits per heavy atom. The zero-order chi connectivity index (χ0) is 45.0. The van der Waals surface area contributed by atoms with Gasteiger partial charge < -0.3 is 18.9 Å². The second-order valence-electron chi connectivity index (χ2n) is 18.2. The fourth-order valence-corrected chi connectivity index (χ4v) is 7.77. The Kier molecular flexibility index (Phi) is 42.2. The second kappa shape index (κ2) is 43.5. The quantitative estimate of drug-likeness (QED) is 0.0212. The summed E-state index contributed by atoms with van der Waals surface area (Å²) >= 11 is 0. The second-order valence-corrected chi connectivity index (χ2v) is 19.6. The molecule has 358 valence electrons. The molecule has 0 fully saturated rings. The van der Waals surface area contributed by atoms with Crippen molar-refractivity contribution in [2.75, 3.05) is 47.5 Å². The number of hydrogen-bond acceptors (Lipinski definition) is 7. The fraction of sp³-hybridized carbons (Fsp3) is 0.843. The van der Waals surface area contributed by atoms with Gasteiger partial charge in [-0.15, -0.1) is 0 Å². The van der Waals surface area contributed by atoms with E-state index < -0.39 is 26.5 Å². The van der Waals surface area contributed by atoms with Crippen LogP contribution in [-0.2, 0) is 32.7 Å². The first-order valence-corrected chi connectivity index (χ1v) is 26.7. The van der Waals surface area contributed by atoms with E-state index in [1.54, 1.807) is 0 Å². The molecule has 9 nitrogen and oxygen atoms in total. The van der Waals surface area contributed by atoms with E-state index >= 15 is 0 Å². The molecule has 0 bridgehead atoms. The topological polar surface area (TPSA) is 108 Å². The number of allylic oxidation sites excluding steroid dienone is 6. The van der Waals surface area contributed by atoms with Gasteiger partial charge in [0.15, 0.2) is 6.10 Å². The number of nitrogens with zero attached hydrogens (tertiary/aromatic N) is 1. The van der Waals surface area contributed by atoms with E-state index in [0.717, 1.165) is 70.6 Å². The molecule has 0 heterocycles. The summed E-state index contributed by atoms with van der Waals surface area (Å²) in [5, 5.41) is 0. The van der Waals surface area contributed by atoms with Crippen molar-refractivity contribution < 1.29 is 42.1 Å². The van der Waals surface area contributed by atoms with Crippen LogP contribution in [0.2, 0.25) is 0 Å². The normalized spacial score (nSPS) is 13.7. The first kappa shape index (κ1) is 59.2. The standard InChI is InChI=1S/C51H96NO8P/c1-6-8-10-12-14-16-18-20-22-23-24-25-26-27-28-30-31-33-35-37-39-41-43-50(53)57-47-49(48-59-61(55,56)58-46-45-52(3,4)5)60-51(54)44-42-40-38-36-34-32-29-21-19-17-15-13-11-9-7-2/h9,11,15,17,21,29,49H,6-8,10,12-14,16,18-20,22-28,30-48H2,1-5H3/p+1/b11-9-,17-15-,29-21-. The van der Waals surface area contributed by atoms with Gasteiger partial charge in [0.05, 0.1) is 27.7 Å². The highest BCUT2D eigenvalue weighted by Gasteiger charge is 2.27. The van der Waals surface area contributed by atoms with Gasteiger partial charge in [-0.25, -0.2) is 4.57 Å². The fourth-order valence-electron chi connectivity index (χ4n) is 7.03. The lowest BCUT2D eigenvalue weighted by molar-refractivity contribution is -0.870. The van der Waals surface area contributed by atoms with Gasteiger partial charge in [-0.1, -0.05) is 204 Å². The molecule has 2 unspecified atom stereocenters. The van der Waals surface area contributed by atoms with Crippen molar-refractivity contribution in [3.05, 3.63) is 36.5 Å². The molecule has 0 radical (unpaired) electrons. The molecule has 0 aromatic carbocycles. The molecule has 0 amide bonds. The lowest BCUT2D eigenvalue weighted by atomic mass is 10.0. The van der Waals surface area contributed by atoms with Crippen LogP contribution in [0, 0.1) is 0 Å². The molecule has 0 spiro atoms. The SMILES string of the molecule is CC/C=C\C/C=C\C/C=C\CCCCCCCC(=O)OC(COC(=O)CCCCCCCCCCCCCCCCCCCCCCCC)COP(=O)(O)OCC[N+](C)(C)C. The third-order valence-corrected chi connectivity index (χ3v) is 11.9. The van der Waals surface area contributed by atoms with E-state index in [9.17, 15) is 19.0 Å². The van der Waals surface area contributed by atoms with Crippen molar-refractivity contribution in [2.45, 2.75) is 232 Å². The molecule has 1 N–H and O–H groups in total. The molecular formula is C51H97NO8P+. The number of rotatable bonds is 46. The van der Waals surface area contributed by atoms with Gasteiger partial charge in [-0.2, -0.15) is 0 Å². The molecule has 0 saturated heterocycles. The lowest BCUT2D eigenvalue weighted by Gasteiger charge is -2.24. The van der Waals surface area contributed by atoms with Crippen LogP contribution >= 0.6 is 7.82 Å². The summed E-state index contributed by atoms with van der Waals surface area (Å²) in [6.07, 6.45) is 50.6. The third-order valence-electron chi connectivity index (χ3n) is 10.9. The Balaban J connectivity index is 4.21. The molecule has 10 heteroatoms. The Bertz CT molecular complexity index is 1130. The highest BCUT2D eigenvalue weighted by atomic mass is 31.2. The molecule has 0 aliphatic rings. The third kappa shape index (κ3) is 47.5. The van der Waals surface area contributed by atoms with Gasteiger partial charge in [0.25, 0.3) is 0 Å². The first-order valence-electron chi connectivity index (χ1n) is 25.2. The summed E-state index contributed by atoms with van der Waals surface area (Å²) in [6.45, 7) is 4.32. The highest BCUT2D eigenvalue weighted by Crippen LogP contribution is 2.43. The number of phosphoric acid groups is 1. The summed E-state index contributed by atoms with van der Waals surface area (Å²) in [5.41, 5.74) is 0. The maximum absolute atomic E-state index is 12.7. The average Bonchev–Trinajstić information content (AvgIpc) is 3.21. The van der Waals surface area contributed by atoms with Crippen molar-refractivity contribution in [2.24, 2.45) is 0 Å². The van der Waals surface area contributed by atoms with Crippen molar-refractivity contribution in [1.82, 2.24) is 0 Å². The van der Waals surface area contributed by atoms with E-state index in [1.807, 2.05) is 21.1 Å². The van der Waals surface area contributed by atoms with Gasteiger partial charge in [-0.05, 0) is 44.9 Å². The Morgan fingerprint density at radius 1 is 0.525 bits per heavy atom. The number of carbonyl (C=O) groups is 2. The summed E-state index contributed by atoms with van der Waals surface area (Å²) in [4.78, 5) is 35.5. The van der Waals surface area contributed by atoms with Crippen LogP contribution in [0.15, 0.2) is 36.5 Å².